The number of hydrogen-bond acceptors (Lipinski definition) is 6. The maximum atomic E-state index is 11.8. The molecule has 0 spiro atoms. The zero-order valence-electron chi connectivity index (χ0n) is 10.2. The van der Waals surface area contributed by atoms with E-state index < -0.39 is 0 Å². The van der Waals surface area contributed by atoms with Crippen LogP contribution in [0.15, 0.2) is 29.0 Å². The predicted molar refractivity (Wildman–Crippen MR) is 67.9 cm³/mol. The van der Waals surface area contributed by atoms with Crippen molar-refractivity contribution in [3.63, 3.8) is 0 Å². The number of hydrogen-bond donors (Lipinski definition) is 1. The van der Waals surface area contributed by atoms with Gasteiger partial charge in [0.15, 0.2) is 17.3 Å². The highest BCUT2D eigenvalue weighted by atomic mass is 16.5. The van der Waals surface area contributed by atoms with E-state index in [0.29, 0.717) is 5.82 Å². The molecule has 0 unspecified atom stereocenters. The van der Waals surface area contributed by atoms with Crippen LogP contribution in [0.2, 0.25) is 0 Å². The van der Waals surface area contributed by atoms with Gasteiger partial charge in [-0.1, -0.05) is 5.16 Å². The number of nitrogens with one attached hydrogen (secondary N) is 1. The van der Waals surface area contributed by atoms with Crippen LogP contribution in [0.25, 0.3) is 0 Å². The second-order valence-electron chi connectivity index (χ2n) is 4.31. The molecule has 1 fully saturated rings. The van der Waals surface area contributed by atoms with Crippen molar-refractivity contribution in [2.45, 2.75) is 12.8 Å². The molecule has 1 aliphatic rings. The lowest BCUT2D eigenvalue weighted by Gasteiger charge is -2.14. The largest absolute Gasteiger partial charge is 0.363 e. The Morgan fingerprint density at radius 1 is 1.21 bits per heavy atom. The highest BCUT2D eigenvalue weighted by molar-refractivity contribution is 6.02. The number of anilines is 2. The van der Waals surface area contributed by atoms with E-state index in [1.807, 2.05) is 6.07 Å². The maximum Gasteiger partial charge on any atom is 0.277 e. The van der Waals surface area contributed by atoms with Gasteiger partial charge in [0.05, 0.1) is 0 Å². The summed E-state index contributed by atoms with van der Waals surface area (Å²) in [5.74, 6) is 0.820. The molecule has 1 amide bonds. The molecule has 2 aromatic heterocycles. The van der Waals surface area contributed by atoms with Crippen LogP contribution in [-0.2, 0) is 0 Å². The third-order valence-electron chi connectivity index (χ3n) is 2.99. The first-order valence-electron chi connectivity index (χ1n) is 6.13. The molecule has 3 rings (SSSR count). The zero-order chi connectivity index (χ0) is 13.1. The summed E-state index contributed by atoms with van der Waals surface area (Å²) in [6.07, 6.45) is 3.74. The molecule has 1 saturated heterocycles. The van der Waals surface area contributed by atoms with E-state index in [2.05, 4.69) is 30.1 Å². The first-order valence-corrected chi connectivity index (χ1v) is 6.13. The Morgan fingerprint density at radius 2 is 2.05 bits per heavy atom. The van der Waals surface area contributed by atoms with Crippen LogP contribution in [0.5, 0.6) is 0 Å². The van der Waals surface area contributed by atoms with Gasteiger partial charge in [-0.2, -0.15) is 0 Å². The molecule has 0 bridgehead atoms. The first-order chi connectivity index (χ1) is 9.33. The van der Waals surface area contributed by atoms with Crippen molar-refractivity contribution in [2.75, 3.05) is 23.3 Å². The van der Waals surface area contributed by atoms with E-state index in [-0.39, 0.29) is 11.6 Å². The van der Waals surface area contributed by atoms with Crippen LogP contribution in [0.4, 0.5) is 11.6 Å². The summed E-state index contributed by atoms with van der Waals surface area (Å²) in [5, 5.41) is 14.2. The summed E-state index contributed by atoms with van der Waals surface area (Å²) in [5.41, 5.74) is 0.256. The van der Waals surface area contributed by atoms with Crippen LogP contribution in [0.3, 0.4) is 0 Å². The third kappa shape index (κ3) is 2.54. The maximum absolute atomic E-state index is 11.8. The molecule has 0 aromatic carbocycles. The van der Waals surface area contributed by atoms with Gasteiger partial charge in [-0.25, -0.2) is 0 Å². The third-order valence-corrected chi connectivity index (χ3v) is 2.99. The topological polar surface area (TPSA) is 84.2 Å². The fraction of sp³-hybridized carbons (Fsp3) is 0.333. The van der Waals surface area contributed by atoms with Crippen molar-refractivity contribution in [1.82, 2.24) is 15.4 Å². The molecule has 7 nitrogen and oxygen atoms in total. The molecular formula is C12H13N5O2. The van der Waals surface area contributed by atoms with Gasteiger partial charge >= 0.3 is 0 Å². The van der Waals surface area contributed by atoms with Crippen LogP contribution in [0, 0.1) is 0 Å². The minimum atomic E-state index is -0.352. The standard InChI is InChI=1S/C12H13N5O2/c18-12(13-10-5-8-19-16-10)9-3-4-11(15-14-9)17-6-1-2-7-17/h3-5,8H,1-2,6-7H2,(H,13,16,18). The Labute approximate surface area is 109 Å². The second kappa shape index (κ2) is 5.05. The summed E-state index contributed by atoms with van der Waals surface area (Å²) < 4.78 is 4.63. The fourth-order valence-electron chi connectivity index (χ4n) is 2.02. The van der Waals surface area contributed by atoms with Gasteiger partial charge in [0.2, 0.25) is 0 Å². The minimum Gasteiger partial charge on any atom is -0.363 e. The minimum absolute atomic E-state index is 0.256. The Kier molecular flexibility index (Phi) is 3.09. The molecule has 0 aliphatic carbocycles. The number of nitrogens with zero attached hydrogens (tertiary/aromatic N) is 4. The molecule has 1 N–H and O–H groups in total. The van der Waals surface area contributed by atoms with Crippen LogP contribution in [-0.4, -0.2) is 34.4 Å². The molecule has 3 heterocycles. The summed E-state index contributed by atoms with van der Waals surface area (Å²) in [6.45, 7) is 2.00. The highest BCUT2D eigenvalue weighted by Gasteiger charge is 2.15. The lowest BCUT2D eigenvalue weighted by atomic mass is 10.3. The SMILES string of the molecule is O=C(Nc1ccon1)c1ccc(N2CCCC2)nn1. The summed E-state index contributed by atoms with van der Waals surface area (Å²) in [6, 6.07) is 5.04. The Morgan fingerprint density at radius 3 is 2.68 bits per heavy atom. The Bertz CT molecular complexity index is 546. The van der Waals surface area contributed by atoms with E-state index in [1.54, 1.807) is 12.1 Å². The zero-order valence-corrected chi connectivity index (χ0v) is 10.2. The van der Waals surface area contributed by atoms with E-state index in [0.717, 1.165) is 18.9 Å². The van der Waals surface area contributed by atoms with E-state index in [4.69, 9.17) is 0 Å². The van der Waals surface area contributed by atoms with Crippen molar-refractivity contribution in [1.29, 1.82) is 0 Å². The number of amides is 1. The van der Waals surface area contributed by atoms with Crippen LogP contribution >= 0.6 is 0 Å². The van der Waals surface area contributed by atoms with Crippen LogP contribution < -0.4 is 10.2 Å². The number of carbonyl (C=O) groups excluding carboxylic acids is 1. The summed E-state index contributed by atoms with van der Waals surface area (Å²) >= 11 is 0. The second-order valence-corrected chi connectivity index (χ2v) is 4.31. The molecule has 0 atom stereocenters. The van der Waals surface area contributed by atoms with Gasteiger partial charge in [0.1, 0.15) is 6.26 Å². The van der Waals surface area contributed by atoms with Crippen LogP contribution in [0.1, 0.15) is 23.3 Å². The predicted octanol–water partition coefficient (Wildman–Crippen LogP) is 1.32. The van der Waals surface area contributed by atoms with Crippen molar-refractivity contribution in [3.8, 4) is 0 Å². The molecule has 0 radical (unpaired) electrons. The van der Waals surface area contributed by atoms with Gasteiger partial charge in [-0.05, 0) is 25.0 Å². The van der Waals surface area contributed by atoms with Crippen molar-refractivity contribution >= 4 is 17.5 Å². The van der Waals surface area contributed by atoms with Gasteiger partial charge in [-0.15, -0.1) is 10.2 Å². The first kappa shape index (κ1) is 11.6. The Hall–Kier alpha value is -2.44. The fourth-order valence-corrected chi connectivity index (χ4v) is 2.02. The van der Waals surface area contributed by atoms with Crippen molar-refractivity contribution in [3.05, 3.63) is 30.2 Å². The normalized spacial score (nSPS) is 14.6. The average molecular weight is 259 g/mol. The van der Waals surface area contributed by atoms with E-state index in [9.17, 15) is 4.79 Å². The van der Waals surface area contributed by atoms with E-state index in [1.165, 1.54) is 19.1 Å². The van der Waals surface area contributed by atoms with E-state index >= 15 is 0 Å². The van der Waals surface area contributed by atoms with Crippen molar-refractivity contribution in [2.24, 2.45) is 0 Å². The van der Waals surface area contributed by atoms with Gasteiger partial charge < -0.3 is 14.7 Å². The molecular weight excluding hydrogens is 246 g/mol. The number of aromatic nitrogens is 3. The summed E-state index contributed by atoms with van der Waals surface area (Å²) in [7, 11) is 0. The Balaban J connectivity index is 1.69. The van der Waals surface area contributed by atoms with Gasteiger partial charge in [0.25, 0.3) is 5.91 Å². The quantitative estimate of drug-likeness (QED) is 0.894. The molecule has 1 aliphatic heterocycles. The monoisotopic (exact) mass is 259 g/mol. The molecule has 0 saturated carbocycles. The lowest BCUT2D eigenvalue weighted by Crippen LogP contribution is -2.21. The van der Waals surface area contributed by atoms with Gasteiger partial charge in [0, 0.05) is 19.2 Å². The highest BCUT2D eigenvalue weighted by Crippen LogP contribution is 2.16. The number of rotatable bonds is 3. The van der Waals surface area contributed by atoms with Gasteiger partial charge in [-0.3, -0.25) is 4.79 Å². The van der Waals surface area contributed by atoms with Crippen molar-refractivity contribution < 1.29 is 9.32 Å². The summed E-state index contributed by atoms with van der Waals surface area (Å²) in [4.78, 5) is 14.0. The average Bonchev–Trinajstić information content (AvgIpc) is 3.12. The number of carbonyl (C=O) groups is 1. The smallest absolute Gasteiger partial charge is 0.277 e. The molecule has 7 heteroatoms. The molecule has 98 valence electrons. The lowest BCUT2D eigenvalue weighted by molar-refractivity contribution is 0.102. The molecule has 2 aromatic rings. The molecule has 19 heavy (non-hydrogen) atoms.